The van der Waals surface area contributed by atoms with Crippen LogP contribution >= 0.6 is 0 Å². The Morgan fingerprint density at radius 3 is 1.83 bits per heavy atom. The normalized spacial score (nSPS) is 17.9. The summed E-state index contributed by atoms with van der Waals surface area (Å²) < 4.78 is 0. The fourth-order valence-electron chi connectivity index (χ4n) is 14.5. The third-order valence-corrected chi connectivity index (χ3v) is 19.5. The summed E-state index contributed by atoms with van der Waals surface area (Å²) in [5.41, 5.74) is 28.5. The van der Waals surface area contributed by atoms with Gasteiger partial charge in [-0.3, -0.25) is 0 Å². The van der Waals surface area contributed by atoms with Crippen molar-refractivity contribution in [3.8, 4) is 11.1 Å². The molecule has 3 unspecified atom stereocenters. The Balaban J connectivity index is 1.11. The van der Waals surface area contributed by atoms with Crippen LogP contribution in [0.25, 0.3) is 27.5 Å². The number of fused-ring (bicyclic) bond motifs is 7. The van der Waals surface area contributed by atoms with Gasteiger partial charge in [0.05, 0.1) is 0 Å². The number of hydrogen-bond acceptors (Lipinski definition) is 1. The number of hydrogen-bond donors (Lipinski definition) is 0. The molecule has 12 rings (SSSR count). The Hall–Kier alpha value is -7.16. The smallest absolute Gasteiger partial charge is 0.243 e. The first-order chi connectivity index (χ1) is 38.4. The summed E-state index contributed by atoms with van der Waals surface area (Å²) in [4.78, 5) is 2.48. The van der Waals surface area contributed by atoms with Gasteiger partial charge in [0.15, 0.2) is 0 Å². The first-order valence-corrected chi connectivity index (χ1v) is 30.2. The van der Waals surface area contributed by atoms with Gasteiger partial charge in [-0.1, -0.05) is 259 Å². The molecule has 0 saturated heterocycles. The van der Waals surface area contributed by atoms with Crippen molar-refractivity contribution in [2.75, 3.05) is 4.90 Å². The molecule has 3 atom stereocenters. The Morgan fingerprint density at radius 1 is 0.556 bits per heavy atom. The Kier molecular flexibility index (Phi) is 13.3. The van der Waals surface area contributed by atoms with E-state index in [1.807, 2.05) is 0 Å². The van der Waals surface area contributed by atoms with Crippen LogP contribution in [0.1, 0.15) is 181 Å². The predicted molar refractivity (Wildman–Crippen MR) is 352 cm³/mol. The highest BCUT2D eigenvalue weighted by Crippen LogP contribution is 2.51. The second-order valence-electron chi connectivity index (χ2n) is 28.8. The van der Waals surface area contributed by atoms with E-state index in [1.54, 1.807) is 0 Å². The highest BCUT2D eigenvalue weighted by molar-refractivity contribution is 6.98. The average molecular weight is 1060 g/mol. The molecule has 81 heavy (non-hydrogen) atoms. The van der Waals surface area contributed by atoms with Gasteiger partial charge in [-0.15, -0.1) is 0 Å². The molecule has 2 heterocycles. The lowest BCUT2D eigenvalue weighted by molar-refractivity contribution is 0.310. The van der Waals surface area contributed by atoms with Crippen molar-refractivity contribution in [2.24, 2.45) is 0 Å². The highest BCUT2D eigenvalue weighted by Gasteiger charge is 2.47. The SMILES string of the molecule is C=C1Cc2cc3c(cc2B2c4c1cc(N(c1ccccc1)c1ccccc1)cc4C(C(C)c1ccc(C(C)(C)C)cc1)c1ccc4ccc(C(C)(C)C)cc4c12)C(C)(C)CCC3(C)Cc1cccc(-c2cc(C(C)(C)C)ccc2C)c1. The molecule has 0 aromatic heterocycles. The van der Waals surface area contributed by atoms with Crippen LogP contribution in [0.15, 0.2) is 189 Å². The molecule has 1 aliphatic carbocycles. The van der Waals surface area contributed by atoms with Gasteiger partial charge >= 0.3 is 0 Å². The molecule has 9 aromatic carbocycles. The van der Waals surface area contributed by atoms with Crippen molar-refractivity contribution >= 4 is 56.5 Å². The van der Waals surface area contributed by atoms with Crippen molar-refractivity contribution in [3.63, 3.8) is 0 Å². The molecular formula is C79H84BN. The molecule has 2 aliphatic heterocycles. The quantitative estimate of drug-likeness (QED) is 0.137. The summed E-state index contributed by atoms with van der Waals surface area (Å²) in [6.45, 7) is 38.6. The van der Waals surface area contributed by atoms with Crippen LogP contribution in [0.2, 0.25) is 0 Å². The first-order valence-electron chi connectivity index (χ1n) is 30.2. The molecule has 0 spiro atoms. The van der Waals surface area contributed by atoms with Crippen LogP contribution < -0.4 is 21.3 Å². The fraction of sp³-hybridized carbons (Fsp3) is 0.316. The maximum atomic E-state index is 5.21. The van der Waals surface area contributed by atoms with E-state index >= 15 is 0 Å². The summed E-state index contributed by atoms with van der Waals surface area (Å²) in [5.74, 6) is 0.218. The van der Waals surface area contributed by atoms with Crippen molar-refractivity contribution in [1.29, 1.82) is 0 Å². The van der Waals surface area contributed by atoms with Gasteiger partial charge in [0.1, 0.15) is 0 Å². The zero-order valence-corrected chi connectivity index (χ0v) is 51.0. The average Bonchev–Trinajstić information content (AvgIpc) is 3.84. The first kappa shape index (κ1) is 54.4. The minimum Gasteiger partial charge on any atom is -0.310 e. The van der Waals surface area contributed by atoms with Crippen LogP contribution in [-0.2, 0) is 39.9 Å². The van der Waals surface area contributed by atoms with Gasteiger partial charge in [-0.25, -0.2) is 0 Å². The highest BCUT2D eigenvalue weighted by atomic mass is 15.1. The fourth-order valence-corrected chi connectivity index (χ4v) is 14.5. The summed E-state index contributed by atoms with van der Waals surface area (Å²) in [7, 11) is 0. The Labute approximate surface area is 486 Å². The van der Waals surface area contributed by atoms with Crippen molar-refractivity contribution in [1.82, 2.24) is 0 Å². The molecule has 9 aromatic rings. The van der Waals surface area contributed by atoms with Crippen molar-refractivity contribution in [3.05, 3.63) is 255 Å². The number of anilines is 3. The zero-order valence-electron chi connectivity index (χ0n) is 51.0. The van der Waals surface area contributed by atoms with Crippen LogP contribution in [-0.4, -0.2) is 6.71 Å². The lowest BCUT2D eigenvalue weighted by atomic mass is 9.30. The summed E-state index contributed by atoms with van der Waals surface area (Å²) >= 11 is 0. The lowest BCUT2D eigenvalue weighted by Gasteiger charge is -2.45. The number of para-hydroxylation sites is 2. The summed E-state index contributed by atoms with van der Waals surface area (Å²) in [5, 5.41) is 2.69. The van der Waals surface area contributed by atoms with E-state index in [-0.39, 0.29) is 45.6 Å². The van der Waals surface area contributed by atoms with Gasteiger partial charge in [0.25, 0.3) is 0 Å². The molecular weight excluding hydrogens is 974 g/mol. The molecule has 0 bridgehead atoms. The van der Waals surface area contributed by atoms with Crippen molar-refractivity contribution < 1.29 is 0 Å². The van der Waals surface area contributed by atoms with E-state index in [2.05, 4.69) is 284 Å². The molecule has 408 valence electrons. The van der Waals surface area contributed by atoms with Gasteiger partial charge in [-0.05, 0) is 196 Å². The molecule has 0 amide bonds. The monoisotopic (exact) mass is 1060 g/mol. The third kappa shape index (κ3) is 9.73. The minimum absolute atomic E-state index is 0.0149. The van der Waals surface area contributed by atoms with Crippen LogP contribution in [0.3, 0.4) is 0 Å². The maximum absolute atomic E-state index is 5.21. The van der Waals surface area contributed by atoms with Crippen molar-refractivity contribution in [2.45, 2.75) is 162 Å². The van der Waals surface area contributed by atoms with Gasteiger partial charge < -0.3 is 4.90 Å². The standard InChI is InChI=1S/C79H84BN/c1-50-29-34-59(76(7,8)9)44-65(50)56-24-22-23-53(42-56)49-79(15)40-39-78(13,14)69-48-71-57(43-70(69)79)41-51(2)66-46-63(81(61-25-18-16-19-26-61)62-27-20-17-21-28-62)47-68-72(52(3)54-30-35-58(36-31-54)75(4,5)6)64-38-33-55-32-37-60(77(10,11)12)45-67(55)73(64)80(71)74(66)68/h16-38,42-48,52,72H,2,39-41,49H2,1,3-15H3. The largest absolute Gasteiger partial charge is 0.310 e. The maximum Gasteiger partial charge on any atom is 0.243 e. The molecule has 0 radical (unpaired) electrons. The van der Waals surface area contributed by atoms with E-state index in [1.165, 1.54) is 116 Å². The summed E-state index contributed by atoms with van der Waals surface area (Å²) in [6.07, 6.45) is 4.01. The Morgan fingerprint density at radius 2 is 1.17 bits per heavy atom. The van der Waals surface area contributed by atoms with Gasteiger partial charge in [-0.2, -0.15) is 0 Å². The van der Waals surface area contributed by atoms with E-state index in [0.717, 1.165) is 37.1 Å². The third-order valence-electron chi connectivity index (χ3n) is 19.5. The lowest BCUT2D eigenvalue weighted by Crippen LogP contribution is -2.60. The molecule has 3 aliphatic rings. The molecule has 2 heteroatoms. The number of nitrogens with zero attached hydrogens (tertiary/aromatic N) is 1. The zero-order chi connectivity index (χ0) is 57.1. The topological polar surface area (TPSA) is 3.24 Å². The molecule has 0 N–H and O–H groups in total. The van der Waals surface area contributed by atoms with Gasteiger partial charge in [0.2, 0.25) is 6.71 Å². The number of rotatable bonds is 8. The van der Waals surface area contributed by atoms with E-state index < -0.39 is 0 Å². The van der Waals surface area contributed by atoms with Crippen LogP contribution in [0.5, 0.6) is 0 Å². The van der Waals surface area contributed by atoms with Crippen LogP contribution in [0, 0.1) is 6.92 Å². The molecule has 0 fully saturated rings. The Bertz CT molecular complexity index is 3870. The van der Waals surface area contributed by atoms with E-state index in [4.69, 9.17) is 6.58 Å². The number of allylic oxidation sites excluding steroid dienone is 1. The number of aryl methyl sites for hydroxylation is 1. The summed E-state index contributed by atoms with van der Waals surface area (Å²) in [6, 6.07) is 71.1. The predicted octanol–water partition coefficient (Wildman–Crippen LogP) is 19.1. The molecule has 0 saturated carbocycles. The van der Waals surface area contributed by atoms with Crippen LogP contribution in [0.4, 0.5) is 17.1 Å². The van der Waals surface area contributed by atoms with E-state index in [0.29, 0.717) is 0 Å². The molecule has 1 nitrogen and oxygen atoms in total. The second kappa shape index (κ2) is 19.8. The minimum atomic E-state index is -0.0760. The second-order valence-corrected chi connectivity index (χ2v) is 28.8. The van der Waals surface area contributed by atoms with Gasteiger partial charge in [0, 0.05) is 23.0 Å². The van der Waals surface area contributed by atoms with E-state index in [9.17, 15) is 0 Å². The number of benzene rings is 9.